The molecule has 0 unspecified atom stereocenters. The van der Waals surface area contributed by atoms with E-state index in [-0.39, 0.29) is 22.9 Å². The first-order chi connectivity index (χ1) is 9.65. The van der Waals surface area contributed by atoms with Crippen molar-refractivity contribution in [1.29, 1.82) is 5.26 Å². The lowest BCUT2D eigenvalue weighted by Gasteiger charge is -2.07. The predicted octanol–water partition coefficient (Wildman–Crippen LogP) is 2.06. The number of rotatable bonds is 4. The minimum atomic E-state index is -0.611. The molecule has 0 aliphatic heterocycles. The van der Waals surface area contributed by atoms with Gasteiger partial charge in [0.25, 0.3) is 5.88 Å². The summed E-state index contributed by atoms with van der Waals surface area (Å²) in [7, 11) is 1.40. The molecule has 1 aromatic heterocycles. The predicted molar refractivity (Wildman–Crippen MR) is 66.5 cm³/mol. The molecule has 0 spiro atoms. The van der Waals surface area contributed by atoms with Crippen molar-refractivity contribution in [1.82, 2.24) is 10.2 Å². The molecule has 100 valence electrons. The van der Waals surface area contributed by atoms with Crippen molar-refractivity contribution < 1.29 is 14.4 Å². The van der Waals surface area contributed by atoms with Crippen LogP contribution < -0.4 is 9.47 Å². The highest BCUT2D eigenvalue weighted by molar-refractivity contribution is 5.53. The number of benzene rings is 1. The van der Waals surface area contributed by atoms with E-state index in [1.807, 2.05) is 6.07 Å². The smallest absolute Gasteiger partial charge is 0.315 e. The van der Waals surface area contributed by atoms with Crippen molar-refractivity contribution in [2.24, 2.45) is 0 Å². The number of hydrogen-bond acceptors (Lipinski definition) is 7. The summed E-state index contributed by atoms with van der Waals surface area (Å²) in [5.74, 6) is 0.180. The third-order valence-electron chi connectivity index (χ3n) is 2.38. The standard InChI is InChI=1S/C12H8N4O4/c1-19-9-2-3-11(10(6-9)16(17)18)20-12-8(7-13)4-5-14-15-12/h2-6H,1H3. The van der Waals surface area contributed by atoms with Gasteiger partial charge in [-0.05, 0) is 18.2 Å². The van der Waals surface area contributed by atoms with Gasteiger partial charge in [0, 0.05) is 0 Å². The van der Waals surface area contributed by atoms with Gasteiger partial charge in [0.1, 0.15) is 17.4 Å². The first-order valence-corrected chi connectivity index (χ1v) is 5.37. The summed E-state index contributed by atoms with van der Waals surface area (Å²) in [5.41, 5.74) is -0.163. The van der Waals surface area contributed by atoms with Gasteiger partial charge < -0.3 is 9.47 Å². The molecule has 0 saturated carbocycles. The maximum atomic E-state index is 11.0. The van der Waals surface area contributed by atoms with Gasteiger partial charge in [-0.1, -0.05) is 0 Å². The van der Waals surface area contributed by atoms with E-state index in [1.165, 1.54) is 37.6 Å². The van der Waals surface area contributed by atoms with Crippen LogP contribution in [0.4, 0.5) is 5.69 Å². The van der Waals surface area contributed by atoms with Crippen LogP contribution in [0.2, 0.25) is 0 Å². The van der Waals surface area contributed by atoms with Gasteiger partial charge in [-0.3, -0.25) is 10.1 Å². The van der Waals surface area contributed by atoms with E-state index < -0.39 is 4.92 Å². The Labute approximate surface area is 113 Å². The average molecular weight is 272 g/mol. The molecule has 1 aromatic carbocycles. The van der Waals surface area contributed by atoms with Crippen molar-refractivity contribution >= 4 is 5.69 Å². The zero-order valence-corrected chi connectivity index (χ0v) is 10.3. The normalized spacial score (nSPS) is 9.60. The summed E-state index contributed by atoms with van der Waals surface area (Å²) in [6.45, 7) is 0. The van der Waals surface area contributed by atoms with Gasteiger partial charge >= 0.3 is 5.69 Å². The lowest BCUT2D eigenvalue weighted by atomic mass is 10.2. The largest absolute Gasteiger partial charge is 0.496 e. The number of ether oxygens (including phenoxy) is 2. The third-order valence-corrected chi connectivity index (χ3v) is 2.38. The SMILES string of the molecule is COc1ccc(Oc2nnccc2C#N)c([N+](=O)[O-])c1. The van der Waals surface area contributed by atoms with Gasteiger partial charge in [-0.15, -0.1) is 5.10 Å². The minimum Gasteiger partial charge on any atom is -0.496 e. The highest BCUT2D eigenvalue weighted by Crippen LogP contribution is 2.34. The molecule has 8 heteroatoms. The van der Waals surface area contributed by atoms with Crippen LogP contribution in [-0.2, 0) is 0 Å². The second kappa shape index (κ2) is 5.62. The minimum absolute atomic E-state index is 0.0483. The van der Waals surface area contributed by atoms with E-state index >= 15 is 0 Å². The molecule has 0 fully saturated rings. The maximum Gasteiger partial charge on any atom is 0.315 e. The Morgan fingerprint density at radius 3 is 2.85 bits per heavy atom. The summed E-state index contributed by atoms with van der Waals surface area (Å²) in [5, 5.41) is 27.1. The van der Waals surface area contributed by atoms with Crippen LogP contribution in [0, 0.1) is 21.4 Å². The average Bonchev–Trinajstić information content (AvgIpc) is 2.48. The highest BCUT2D eigenvalue weighted by Gasteiger charge is 2.19. The third kappa shape index (κ3) is 2.62. The number of methoxy groups -OCH3 is 1. The summed E-state index contributed by atoms with van der Waals surface area (Å²) in [6, 6.07) is 7.36. The fourth-order valence-electron chi connectivity index (χ4n) is 1.44. The Bertz CT molecular complexity index is 696. The molecular formula is C12H8N4O4. The van der Waals surface area contributed by atoms with E-state index in [0.717, 1.165) is 0 Å². The molecule has 8 nitrogen and oxygen atoms in total. The summed E-state index contributed by atoms with van der Waals surface area (Å²) < 4.78 is 10.2. The number of nitro groups is 1. The number of nitriles is 1. The second-order valence-corrected chi connectivity index (χ2v) is 3.55. The molecule has 0 aliphatic carbocycles. The maximum absolute atomic E-state index is 11.0. The molecule has 0 amide bonds. The van der Waals surface area contributed by atoms with E-state index in [1.54, 1.807) is 0 Å². The van der Waals surface area contributed by atoms with Crippen LogP contribution in [0.5, 0.6) is 17.4 Å². The lowest BCUT2D eigenvalue weighted by Crippen LogP contribution is -1.98. The monoisotopic (exact) mass is 272 g/mol. The van der Waals surface area contributed by atoms with Crippen molar-refractivity contribution in [3.8, 4) is 23.4 Å². The number of nitro benzene ring substituents is 1. The Morgan fingerprint density at radius 2 is 2.20 bits per heavy atom. The van der Waals surface area contributed by atoms with E-state index in [9.17, 15) is 10.1 Å². The topological polar surface area (TPSA) is 111 Å². The number of aromatic nitrogens is 2. The molecule has 2 rings (SSSR count). The van der Waals surface area contributed by atoms with Crippen LogP contribution in [0.3, 0.4) is 0 Å². The Morgan fingerprint density at radius 1 is 1.40 bits per heavy atom. The molecule has 20 heavy (non-hydrogen) atoms. The molecule has 0 radical (unpaired) electrons. The number of hydrogen-bond donors (Lipinski definition) is 0. The lowest BCUT2D eigenvalue weighted by molar-refractivity contribution is -0.385. The van der Waals surface area contributed by atoms with Crippen LogP contribution in [0.1, 0.15) is 5.56 Å². The van der Waals surface area contributed by atoms with E-state index in [0.29, 0.717) is 5.75 Å². The van der Waals surface area contributed by atoms with Gasteiger partial charge in [0.2, 0.25) is 5.75 Å². The quantitative estimate of drug-likeness (QED) is 0.618. The summed E-state index contributed by atoms with van der Waals surface area (Å²) >= 11 is 0. The van der Waals surface area contributed by atoms with Crippen molar-refractivity contribution in [3.05, 3.63) is 46.1 Å². The fourth-order valence-corrected chi connectivity index (χ4v) is 1.44. The molecule has 0 saturated heterocycles. The van der Waals surface area contributed by atoms with Gasteiger partial charge in [-0.2, -0.15) is 10.4 Å². The fraction of sp³-hybridized carbons (Fsp3) is 0.0833. The summed E-state index contributed by atoms with van der Waals surface area (Å²) in [4.78, 5) is 10.4. The molecular weight excluding hydrogens is 264 g/mol. The molecule has 0 bridgehead atoms. The van der Waals surface area contributed by atoms with Crippen LogP contribution in [-0.4, -0.2) is 22.2 Å². The van der Waals surface area contributed by atoms with Crippen molar-refractivity contribution in [2.75, 3.05) is 7.11 Å². The van der Waals surface area contributed by atoms with E-state index in [4.69, 9.17) is 14.7 Å². The van der Waals surface area contributed by atoms with Crippen LogP contribution in [0.15, 0.2) is 30.5 Å². The molecule has 2 aromatic rings. The van der Waals surface area contributed by atoms with Crippen molar-refractivity contribution in [2.45, 2.75) is 0 Å². The molecule has 0 atom stereocenters. The zero-order chi connectivity index (χ0) is 14.5. The Hall–Kier alpha value is -3.21. The summed E-state index contributed by atoms with van der Waals surface area (Å²) in [6.07, 6.45) is 1.33. The highest BCUT2D eigenvalue weighted by atomic mass is 16.6. The van der Waals surface area contributed by atoms with E-state index in [2.05, 4.69) is 10.2 Å². The first kappa shape index (κ1) is 13.2. The first-order valence-electron chi connectivity index (χ1n) is 5.37. The van der Waals surface area contributed by atoms with Gasteiger partial charge in [-0.25, -0.2) is 0 Å². The molecule has 1 heterocycles. The van der Waals surface area contributed by atoms with Crippen LogP contribution >= 0.6 is 0 Å². The number of nitrogens with zero attached hydrogens (tertiary/aromatic N) is 4. The van der Waals surface area contributed by atoms with Crippen LogP contribution in [0.25, 0.3) is 0 Å². The zero-order valence-electron chi connectivity index (χ0n) is 10.3. The van der Waals surface area contributed by atoms with Gasteiger partial charge in [0.15, 0.2) is 0 Å². The molecule has 0 aliphatic rings. The van der Waals surface area contributed by atoms with Crippen molar-refractivity contribution in [3.63, 3.8) is 0 Å². The second-order valence-electron chi connectivity index (χ2n) is 3.55. The molecule has 0 N–H and O–H groups in total. The Balaban J connectivity index is 2.43. The van der Waals surface area contributed by atoms with Gasteiger partial charge in [0.05, 0.1) is 24.3 Å². The Kier molecular flexibility index (Phi) is 3.72.